The van der Waals surface area contributed by atoms with Gasteiger partial charge in [0.2, 0.25) is 5.72 Å². The van der Waals surface area contributed by atoms with Crippen molar-refractivity contribution < 1.29 is 14.9 Å². The van der Waals surface area contributed by atoms with E-state index < -0.39 is 5.72 Å². The lowest BCUT2D eigenvalue weighted by molar-refractivity contribution is -0.311. The highest BCUT2D eigenvalue weighted by molar-refractivity contribution is 5.40. The molecule has 0 aromatic heterocycles. The quantitative estimate of drug-likeness (QED) is 0.472. The van der Waals surface area contributed by atoms with Gasteiger partial charge in [-0.15, -0.1) is 0 Å². The van der Waals surface area contributed by atoms with Crippen molar-refractivity contribution in [3.8, 4) is 5.75 Å². The van der Waals surface area contributed by atoms with Crippen molar-refractivity contribution in [3.63, 3.8) is 0 Å². The van der Waals surface area contributed by atoms with Gasteiger partial charge in [0.1, 0.15) is 5.75 Å². The van der Waals surface area contributed by atoms with Crippen LogP contribution in [0, 0.1) is 0 Å². The molecule has 0 radical (unpaired) electrons. The molecule has 0 aliphatic rings. The van der Waals surface area contributed by atoms with Gasteiger partial charge >= 0.3 is 0 Å². The summed E-state index contributed by atoms with van der Waals surface area (Å²) in [5, 5.41) is 16.2. The molecule has 1 aromatic rings. The van der Waals surface area contributed by atoms with Crippen molar-refractivity contribution in [3.05, 3.63) is 24.3 Å². The van der Waals surface area contributed by atoms with Crippen LogP contribution in [0.2, 0.25) is 0 Å². The van der Waals surface area contributed by atoms with Crippen LogP contribution in [0.1, 0.15) is 13.8 Å². The van der Waals surface area contributed by atoms with Crippen LogP contribution in [0.3, 0.4) is 0 Å². The third kappa shape index (κ3) is 3.65. The van der Waals surface area contributed by atoms with Gasteiger partial charge < -0.3 is 4.74 Å². The largest absolute Gasteiger partial charge is 0.497 e. The molecule has 1 aromatic carbocycles. The minimum absolute atomic E-state index is 0.668. The fraction of sp³-hybridized carbons (Fsp3) is 0.400. The van der Waals surface area contributed by atoms with Gasteiger partial charge in [0, 0.05) is 0 Å². The monoisotopic (exact) mass is 210 g/mol. The van der Waals surface area contributed by atoms with Crippen LogP contribution in [0.4, 0.5) is 5.69 Å². The van der Waals surface area contributed by atoms with E-state index in [1.807, 2.05) is 0 Å². The summed E-state index contributed by atoms with van der Waals surface area (Å²) in [6, 6.07) is 7.08. The van der Waals surface area contributed by atoms with E-state index in [1.165, 1.54) is 0 Å². The highest BCUT2D eigenvalue weighted by Crippen LogP contribution is 2.20. The molecule has 0 amide bonds. The van der Waals surface area contributed by atoms with Crippen molar-refractivity contribution in [2.45, 2.75) is 19.6 Å². The molecule has 82 valence electrons. The van der Waals surface area contributed by atoms with E-state index in [-0.39, 0.29) is 0 Å². The zero-order valence-corrected chi connectivity index (χ0v) is 8.97. The number of methoxy groups -OCH3 is 1. The van der Waals surface area contributed by atoms with E-state index in [0.29, 0.717) is 5.69 Å². The van der Waals surface area contributed by atoms with Crippen LogP contribution >= 0.6 is 0 Å². The van der Waals surface area contributed by atoms with Gasteiger partial charge in [-0.25, -0.2) is 10.1 Å². The van der Waals surface area contributed by atoms with E-state index in [4.69, 9.17) is 9.99 Å². The van der Waals surface area contributed by atoms with Crippen LogP contribution in [0.15, 0.2) is 34.5 Å². The first kappa shape index (κ1) is 11.6. The number of benzene rings is 1. The first-order chi connectivity index (χ1) is 7.07. The van der Waals surface area contributed by atoms with Crippen LogP contribution < -0.4 is 4.74 Å². The predicted molar refractivity (Wildman–Crippen MR) is 55.3 cm³/mol. The van der Waals surface area contributed by atoms with E-state index in [2.05, 4.69) is 15.1 Å². The first-order valence-corrected chi connectivity index (χ1v) is 4.47. The molecule has 0 saturated heterocycles. The number of nitrogens with zero attached hydrogens (tertiary/aromatic N) is 2. The lowest BCUT2D eigenvalue weighted by Gasteiger charge is -2.12. The summed E-state index contributed by atoms with van der Waals surface area (Å²) in [4.78, 5) is 4.12. The number of hydrogen-bond donors (Lipinski definition) is 1. The molecule has 0 unspecified atom stereocenters. The summed E-state index contributed by atoms with van der Waals surface area (Å²) in [6.45, 7) is 3.19. The van der Waals surface area contributed by atoms with E-state index in [1.54, 1.807) is 45.2 Å². The average Bonchev–Trinajstić information content (AvgIpc) is 2.27. The van der Waals surface area contributed by atoms with Gasteiger partial charge in [0.05, 0.1) is 12.8 Å². The summed E-state index contributed by atoms with van der Waals surface area (Å²) in [5.41, 5.74) is -0.360. The normalized spacial score (nSPS) is 12.0. The molecule has 5 heteroatoms. The van der Waals surface area contributed by atoms with Crippen molar-refractivity contribution in [2.75, 3.05) is 7.11 Å². The molecule has 0 aliphatic heterocycles. The Morgan fingerprint density at radius 3 is 2.27 bits per heavy atom. The molecule has 0 heterocycles. The fourth-order valence-corrected chi connectivity index (χ4v) is 0.845. The van der Waals surface area contributed by atoms with Gasteiger partial charge in [-0.2, -0.15) is 10.2 Å². The Labute approximate surface area is 88.3 Å². The Bertz CT molecular complexity index is 333. The third-order valence-electron chi connectivity index (χ3n) is 1.70. The summed E-state index contributed by atoms with van der Waals surface area (Å²) in [6.07, 6.45) is 0. The minimum Gasteiger partial charge on any atom is -0.497 e. The summed E-state index contributed by atoms with van der Waals surface area (Å²) in [5.74, 6) is 0.756. The topological polar surface area (TPSA) is 63.4 Å². The van der Waals surface area contributed by atoms with Gasteiger partial charge in [-0.05, 0) is 38.1 Å². The van der Waals surface area contributed by atoms with Crippen molar-refractivity contribution in [1.29, 1.82) is 0 Å². The zero-order chi connectivity index (χ0) is 11.3. The van der Waals surface area contributed by atoms with E-state index >= 15 is 0 Å². The minimum atomic E-state index is -1.03. The number of azo groups is 1. The standard InChI is InChI=1S/C10H14N2O3/c1-10(2,15-13)12-11-8-4-6-9(14-3)7-5-8/h4-7,13H,1-3H3. The Morgan fingerprint density at radius 1 is 1.20 bits per heavy atom. The second-order valence-corrected chi connectivity index (χ2v) is 3.44. The fourth-order valence-electron chi connectivity index (χ4n) is 0.845. The number of rotatable bonds is 4. The van der Waals surface area contributed by atoms with Crippen LogP contribution in [0.25, 0.3) is 0 Å². The lowest BCUT2D eigenvalue weighted by atomic mass is 10.3. The molecule has 1 N–H and O–H groups in total. The SMILES string of the molecule is COc1ccc(N=NC(C)(C)OO)cc1. The summed E-state index contributed by atoms with van der Waals surface area (Å²) in [7, 11) is 1.60. The summed E-state index contributed by atoms with van der Waals surface area (Å²) < 4.78 is 5.00. The van der Waals surface area contributed by atoms with Gasteiger partial charge in [-0.3, -0.25) is 0 Å². The maximum atomic E-state index is 8.48. The predicted octanol–water partition coefficient (Wildman–Crippen LogP) is 3.00. The van der Waals surface area contributed by atoms with Crippen LogP contribution in [0.5, 0.6) is 5.75 Å². The first-order valence-electron chi connectivity index (χ1n) is 4.47. The van der Waals surface area contributed by atoms with Gasteiger partial charge in [0.15, 0.2) is 0 Å². The Morgan fingerprint density at radius 2 is 1.80 bits per heavy atom. The second kappa shape index (κ2) is 4.86. The molecule has 5 nitrogen and oxygen atoms in total. The van der Waals surface area contributed by atoms with Crippen LogP contribution in [-0.2, 0) is 4.89 Å². The molecule has 0 saturated carbocycles. The molecule has 0 atom stereocenters. The average molecular weight is 210 g/mol. The van der Waals surface area contributed by atoms with E-state index in [0.717, 1.165) is 5.75 Å². The molecular weight excluding hydrogens is 196 g/mol. The summed E-state index contributed by atoms with van der Waals surface area (Å²) >= 11 is 0. The Balaban J connectivity index is 2.73. The van der Waals surface area contributed by atoms with Gasteiger partial charge in [0.25, 0.3) is 0 Å². The Hall–Kier alpha value is -1.46. The molecule has 0 bridgehead atoms. The molecular formula is C10H14N2O3. The Kier molecular flexibility index (Phi) is 3.76. The van der Waals surface area contributed by atoms with Crippen LogP contribution in [-0.4, -0.2) is 18.1 Å². The molecule has 0 aliphatic carbocycles. The number of hydrogen-bond acceptors (Lipinski definition) is 5. The molecule has 0 spiro atoms. The highest BCUT2D eigenvalue weighted by atomic mass is 17.1. The number of ether oxygens (including phenoxy) is 1. The van der Waals surface area contributed by atoms with Crippen molar-refractivity contribution >= 4 is 5.69 Å². The smallest absolute Gasteiger partial charge is 0.207 e. The maximum Gasteiger partial charge on any atom is 0.207 e. The van der Waals surface area contributed by atoms with Crippen molar-refractivity contribution in [1.82, 2.24) is 0 Å². The lowest BCUT2D eigenvalue weighted by Crippen LogP contribution is -2.18. The van der Waals surface area contributed by atoms with E-state index in [9.17, 15) is 0 Å². The highest BCUT2D eigenvalue weighted by Gasteiger charge is 2.16. The van der Waals surface area contributed by atoms with Gasteiger partial charge in [-0.1, -0.05) is 0 Å². The third-order valence-corrected chi connectivity index (χ3v) is 1.70. The maximum absolute atomic E-state index is 8.48. The molecule has 15 heavy (non-hydrogen) atoms. The van der Waals surface area contributed by atoms with Crippen molar-refractivity contribution in [2.24, 2.45) is 10.2 Å². The second-order valence-electron chi connectivity index (χ2n) is 3.44. The zero-order valence-electron chi connectivity index (χ0n) is 8.97. The molecule has 0 fully saturated rings. The molecule has 1 rings (SSSR count).